The Hall–Kier alpha value is -4.00. The molecule has 4 rings (SSSR count). The Labute approximate surface area is 174 Å². The third-order valence-electron chi connectivity index (χ3n) is 4.76. The molecule has 0 aliphatic heterocycles. The summed E-state index contributed by atoms with van der Waals surface area (Å²) in [6.07, 6.45) is 5.59. The second-order valence-electron chi connectivity index (χ2n) is 6.49. The van der Waals surface area contributed by atoms with Gasteiger partial charge in [-0.3, -0.25) is 0 Å². The highest BCUT2D eigenvalue weighted by molar-refractivity contribution is 5.79. The third-order valence-corrected chi connectivity index (χ3v) is 4.76. The van der Waals surface area contributed by atoms with Gasteiger partial charge in [0.15, 0.2) is 11.5 Å². The average Bonchev–Trinajstić information content (AvgIpc) is 3.21. The van der Waals surface area contributed by atoms with E-state index in [2.05, 4.69) is 16.9 Å². The number of nitrogens with zero attached hydrogens (tertiary/aromatic N) is 3. The number of hydrogen-bond acceptors (Lipinski definition) is 6. The Morgan fingerprint density at radius 2 is 1.67 bits per heavy atom. The summed E-state index contributed by atoms with van der Waals surface area (Å²) in [7, 11) is 4.72. The fourth-order valence-electron chi connectivity index (χ4n) is 3.24. The van der Waals surface area contributed by atoms with Crippen molar-refractivity contribution >= 4 is 28.7 Å². The smallest absolute Gasteiger partial charge is 0.229 e. The standard InChI is InChI=1S/C23H22N4O3/c1-5-15-6-8-18(9-7-15)27-11-10-16-14-24-23(26-22(16)27)25-17-12-19(28-2)21(30-4)20(13-17)29-3/h5-14H,1H2,2-4H3,(H,24,25,26). The monoisotopic (exact) mass is 402 g/mol. The molecule has 0 spiro atoms. The zero-order valence-electron chi connectivity index (χ0n) is 17.0. The summed E-state index contributed by atoms with van der Waals surface area (Å²) < 4.78 is 18.2. The molecule has 2 heterocycles. The van der Waals surface area contributed by atoms with E-state index in [0.29, 0.717) is 23.2 Å². The van der Waals surface area contributed by atoms with Gasteiger partial charge >= 0.3 is 0 Å². The first-order valence-corrected chi connectivity index (χ1v) is 9.31. The van der Waals surface area contributed by atoms with Gasteiger partial charge in [-0.2, -0.15) is 4.98 Å². The Morgan fingerprint density at radius 3 is 2.27 bits per heavy atom. The van der Waals surface area contributed by atoms with Crippen LogP contribution in [0.1, 0.15) is 5.56 Å². The Kier molecular flexibility index (Phi) is 5.26. The highest BCUT2D eigenvalue weighted by Gasteiger charge is 2.14. The number of nitrogens with one attached hydrogen (secondary N) is 1. The number of rotatable bonds is 7. The van der Waals surface area contributed by atoms with E-state index in [4.69, 9.17) is 19.2 Å². The maximum atomic E-state index is 5.41. The summed E-state index contributed by atoms with van der Waals surface area (Å²) in [5, 5.41) is 4.16. The Bertz CT molecular complexity index is 1170. The molecule has 0 aliphatic rings. The van der Waals surface area contributed by atoms with Crippen molar-refractivity contribution in [1.29, 1.82) is 0 Å². The highest BCUT2D eigenvalue weighted by Crippen LogP contribution is 2.40. The maximum Gasteiger partial charge on any atom is 0.229 e. The molecule has 30 heavy (non-hydrogen) atoms. The number of hydrogen-bond donors (Lipinski definition) is 1. The van der Waals surface area contributed by atoms with E-state index in [-0.39, 0.29) is 0 Å². The summed E-state index contributed by atoms with van der Waals surface area (Å²) in [5.74, 6) is 2.08. The molecule has 2 aromatic heterocycles. The van der Waals surface area contributed by atoms with Gasteiger partial charge in [0.1, 0.15) is 5.65 Å². The van der Waals surface area contributed by atoms with E-state index in [1.54, 1.807) is 27.5 Å². The fraction of sp³-hybridized carbons (Fsp3) is 0.130. The van der Waals surface area contributed by atoms with Crippen molar-refractivity contribution in [3.63, 3.8) is 0 Å². The maximum absolute atomic E-state index is 5.41. The summed E-state index contributed by atoms with van der Waals surface area (Å²) >= 11 is 0. The van der Waals surface area contributed by atoms with Crippen LogP contribution in [-0.4, -0.2) is 35.9 Å². The lowest BCUT2D eigenvalue weighted by molar-refractivity contribution is 0.324. The normalized spacial score (nSPS) is 10.6. The van der Waals surface area contributed by atoms with Crippen LogP contribution in [0.15, 0.2) is 61.4 Å². The van der Waals surface area contributed by atoms with Crippen molar-refractivity contribution in [3.8, 4) is 22.9 Å². The van der Waals surface area contributed by atoms with Gasteiger partial charge in [0.05, 0.1) is 21.3 Å². The van der Waals surface area contributed by atoms with Gasteiger partial charge in [-0.1, -0.05) is 24.8 Å². The third kappa shape index (κ3) is 3.53. The lowest BCUT2D eigenvalue weighted by Gasteiger charge is -2.14. The molecule has 0 saturated heterocycles. The van der Waals surface area contributed by atoms with Crippen molar-refractivity contribution in [1.82, 2.24) is 14.5 Å². The molecule has 0 aliphatic carbocycles. The summed E-state index contributed by atoms with van der Waals surface area (Å²) in [5.41, 5.74) is 3.59. The van der Waals surface area contributed by atoms with Gasteiger partial charge in [0.25, 0.3) is 0 Å². The van der Waals surface area contributed by atoms with Crippen LogP contribution in [-0.2, 0) is 0 Å². The topological polar surface area (TPSA) is 70.4 Å². The first-order valence-electron chi connectivity index (χ1n) is 9.31. The van der Waals surface area contributed by atoms with Crippen LogP contribution >= 0.6 is 0 Å². The minimum absolute atomic E-state index is 0.458. The molecule has 0 atom stereocenters. The summed E-state index contributed by atoms with van der Waals surface area (Å²) in [6, 6.07) is 13.7. The van der Waals surface area contributed by atoms with E-state index < -0.39 is 0 Å². The summed E-state index contributed by atoms with van der Waals surface area (Å²) in [6.45, 7) is 3.80. The van der Waals surface area contributed by atoms with Gasteiger partial charge in [0.2, 0.25) is 11.7 Å². The van der Waals surface area contributed by atoms with Crippen molar-refractivity contribution in [2.45, 2.75) is 0 Å². The van der Waals surface area contributed by atoms with Crippen LogP contribution in [0.2, 0.25) is 0 Å². The molecule has 7 heteroatoms. The molecule has 4 aromatic rings. The van der Waals surface area contributed by atoms with E-state index in [0.717, 1.165) is 28.0 Å². The fourth-order valence-corrected chi connectivity index (χ4v) is 3.24. The van der Waals surface area contributed by atoms with Crippen LogP contribution in [0.25, 0.3) is 22.8 Å². The molecule has 152 valence electrons. The van der Waals surface area contributed by atoms with E-state index in [1.165, 1.54) is 0 Å². The first-order chi connectivity index (χ1) is 14.7. The molecular weight excluding hydrogens is 380 g/mol. The molecule has 0 fully saturated rings. The number of anilines is 2. The van der Waals surface area contributed by atoms with Gasteiger partial charge in [-0.25, -0.2) is 4.98 Å². The predicted molar refractivity (Wildman–Crippen MR) is 118 cm³/mol. The van der Waals surface area contributed by atoms with Gasteiger partial charge in [-0.05, 0) is 23.8 Å². The molecule has 7 nitrogen and oxygen atoms in total. The molecule has 0 radical (unpaired) electrons. The van der Waals surface area contributed by atoms with Crippen molar-refractivity contribution in [2.75, 3.05) is 26.6 Å². The minimum atomic E-state index is 0.458. The average molecular weight is 402 g/mol. The van der Waals surface area contributed by atoms with Gasteiger partial charge in [-0.15, -0.1) is 0 Å². The molecular formula is C23H22N4O3. The van der Waals surface area contributed by atoms with Crippen molar-refractivity contribution in [3.05, 3.63) is 67.0 Å². The minimum Gasteiger partial charge on any atom is -0.493 e. The predicted octanol–water partition coefficient (Wildman–Crippen LogP) is 4.83. The summed E-state index contributed by atoms with van der Waals surface area (Å²) in [4.78, 5) is 9.14. The quantitative estimate of drug-likeness (QED) is 0.477. The molecule has 0 saturated carbocycles. The largest absolute Gasteiger partial charge is 0.493 e. The molecule has 2 aromatic carbocycles. The van der Waals surface area contributed by atoms with Crippen molar-refractivity contribution in [2.24, 2.45) is 0 Å². The zero-order chi connectivity index (χ0) is 21.1. The van der Waals surface area contributed by atoms with Crippen LogP contribution in [0.5, 0.6) is 17.2 Å². The molecule has 0 bridgehead atoms. The second kappa shape index (κ2) is 8.16. The Morgan fingerprint density at radius 1 is 0.967 bits per heavy atom. The first kappa shape index (κ1) is 19.3. The van der Waals surface area contributed by atoms with Crippen molar-refractivity contribution < 1.29 is 14.2 Å². The number of ether oxygens (including phenoxy) is 3. The SMILES string of the molecule is C=Cc1ccc(-n2ccc3cnc(Nc4cc(OC)c(OC)c(OC)c4)nc32)cc1. The molecule has 0 unspecified atom stereocenters. The molecule has 0 amide bonds. The number of aromatic nitrogens is 3. The lowest BCUT2D eigenvalue weighted by atomic mass is 10.2. The van der Waals surface area contributed by atoms with Crippen LogP contribution in [0.4, 0.5) is 11.6 Å². The van der Waals surface area contributed by atoms with Crippen LogP contribution < -0.4 is 19.5 Å². The van der Waals surface area contributed by atoms with Gasteiger partial charge < -0.3 is 24.1 Å². The van der Waals surface area contributed by atoms with Crippen LogP contribution in [0.3, 0.4) is 0 Å². The highest BCUT2D eigenvalue weighted by atomic mass is 16.5. The number of fused-ring (bicyclic) bond motifs is 1. The van der Waals surface area contributed by atoms with Gasteiger partial charge in [0, 0.05) is 41.3 Å². The molecule has 1 N–H and O–H groups in total. The number of methoxy groups -OCH3 is 3. The number of benzene rings is 2. The van der Waals surface area contributed by atoms with E-state index in [9.17, 15) is 0 Å². The lowest BCUT2D eigenvalue weighted by Crippen LogP contribution is -2.01. The van der Waals surface area contributed by atoms with E-state index in [1.807, 2.05) is 59.3 Å². The Balaban J connectivity index is 1.71. The zero-order valence-corrected chi connectivity index (χ0v) is 17.0. The van der Waals surface area contributed by atoms with Crippen LogP contribution in [0, 0.1) is 0 Å². The van der Waals surface area contributed by atoms with E-state index >= 15 is 0 Å². The second-order valence-corrected chi connectivity index (χ2v) is 6.49.